The van der Waals surface area contributed by atoms with Crippen molar-refractivity contribution in [3.8, 4) is 28.9 Å². The average Bonchev–Trinajstić information content (AvgIpc) is 1.13. The molecule has 2 aliphatic rings. The van der Waals surface area contributed by atoms with Crippen molar-refractivity contribution in [1.82, 2.24) is 32.3 Å². The number of aryl methyl sites for hydroxylation is 4. The predicted octanol–water partition coefficient (Wildman–Crippen LogP) is 4.82. The number of aromatic hydroxyl groups is 1. The fourth-order valence-electron chi connectivity index (χ4n) is 8.94. The lowest BCUT2D eigenvalue weighted by atomic mass is 10.2. The summed E-state index contributed by atoms with van der Waals surface area (Å²) in [5, 5.41) is 17.4. The zero-order valence-corrected chi connectivity index (χ0v) is 59.2. The van der Waals surface area contributed by atoms with E-state index in [0.717, 1.165) is 38.5 Å². The molecule has 0 radical (unpaired) electrons. The van der Waals surface area contributed by atoms with E-state index in [-0.39, 0.29) is 72.8 Å². The molecule has 2 saturated carbocycles. The summed E-state index contributed by atoms with van der Waals surface area (Å²) in [5.41, 5.74) is -3.28. The second kappa shape index (κ2) is 32.2. The van der Waals surface area contributed by atoms with Gasteiger partial charge in [0.25, 0.3) is 31.3 Å². The van der Waals surface area contributed by atoms with E-state index in [0.29, 0.717) is 32.8 Å². The summed E-state index contributed by atoms with van der Waals surface area (Å²) in [6, 6.07) is 21.7. The zero-order chi connectivity index (χ0) is 66.9. The van der Waals surface area contributed by atoms with Crippen LogP contribution >= 0.6 is 55.9 Å². The Balaban J connectivity index is 0.000000283. The standard InChI is InChI=1S/C25H21FIN3O6S.C18H15FIN3O4.C7H7ClO2S.C6H15N.C3H9N.C2H3N.ClH/c1-13-4-9-17(10-5-13)37(34,35)36-21-14(2)23(31)28(3)22-20(21)24(32)29(16-7-8-16)25(33)30(22)19-11-6-15(27)12-18(19)26;1-8-14(24)13-15(21(2)16(8)25)23(12-6-3-9(20)7-11(12)19)18(27)22(17(13)26)10-4-5-10;1-6-2-4-7(5-3-6)11(8,9)10;1-4-7(5-2)6-3;1-4(2)3;1-2-3;/h4-6,9-12,16H,7-8H2,1-3H3;3,6-7,10,24H,4-5H2,1-2H3;2-5H,1H3;4-6H2,1-3H3;1-3H3;1H3;1H. The van der Waals surface area contributed by atoms with Crippen molar-refractivity contribution >= 4 is 97.1 Å². The topological polar surface area (TPSA) is 261 Å². The number of nitrogens with zero attached hydrogens (tertiary/aromatic N) is 8. The summed E-state index contributed by atoms with van der Waals surface area (Å²) in [6.07, 6.45) is 2.42. The minimum absolute atomic E-state index is 0. The molecule has 2 N–H and O–H groups in total. The van der Waals surface area contributed by atoms with E-state index in [9.17, 15) is 55.1 Å². The molecule has 0 unspecified atom stereocenters. The fourth-order valence-corrected chi connectivity index (χ4v) is 11.6. The molecular weight excluding hydrogens is 1480 g/mol. The van der Waals surface area contributed by atoms with Crippen LogP contribution in [0.2, 0.25) is 0 Å². The first-order chi connectivity index (χ1) is 41.6. The van der Waals surface area contributed by atoms with Crippen molar-refractivity contribution in [2.75, 3.05) is 40.8 Å². The first-order valence-electron chi connectivity index (χ1n) is 27.9. The Bertz CT molecular complexity index is 4610. The third-order valence-electron chi connectivity index (χ3n) is 13.8. The van der Waals surface area contributed by atoms with E-state index >= 15 is 4.39 Å². The summed E-state index contributed by atoms with van der Waals surface area (Å²) in [4.78, 5) is 82.9. The molecule has 90 heavy (non-hydrogen) atoms. The summed E-state index contributed by atoms with van der Waals surface area (Å²) >= 11 is 3.86. The maximum atomic E-state index is 15.2. The fraction of sp³-hybridized carbons (Fsp3) is 0.361. The van der Waals surface area contributed by atoms with E-state index in [1.54, 1.807) is 49.4 Å². The van der Waals surface area contributed by atoms with E-state index < -0.39 is 82.0 Å². The molecule has 0 aliphatic heterocycles. The average molecular weight is 1550 g/mol. The van der Waals surface area contributed by atoms with Crippen LogP contribution in [-0.4, -0.2) is 95.0 Å². The molecule has 4 aromatic carbocycles. The van der Waals surface area contributed by atoms with Gasteiger partial charge in [-0.2, -0.15) is 13.7 Å². The Labute approximate surface area is 557 Å². The highest BCUT2D eigenvalue weighted by Crippen LogP contribution is 2.36. The zero-order valence-electron chi connectivity index (χ0n) is 51.8. The van der Waals surface area contributed by atoms with Gasteiger partial charge in [0, 0.05) is 50.9 Å². The van der Waals surface area contributed by atoms with Gasteiger partial charge in [-0.05, 0) is 179 Å². The van der Waals surface area contributed by atoms with Crippen LogP contribution in [0.5, 0.6) is 11.5 Å². The number of pyridine rings is 2. The van der Waals surface area contributed by atoms with Crippen molar-refractivity contribution in [1.29, 1.82) is 5.26 Å². The molecule has 10 rings (SSSR count). The van der Waals surface area contributed by atoms with Gasteiger partial charge in [0.05, 0.1) is 54.6 Å². The minimum atomic E-state index is -4.47. The van der Waals surface area contributed by atoms with E-state index in [1.807, 2.05) is 52.1 Å². The van der Waals surface area contributed by atoms with Gasteiger partial charge in [-0.1, -0.05) is 56.2 Å². The van der Waals surface area contributed by atoms with Crippen molar-refractivity contribution in [2.24, 2.45) is 14.1 Å². The minimum Gasteiger partial charge on any atom is -1.00 e. The third kappa shape index (κ3) is 17.7. The van der Waals surface area contributed by atoms with Gasteiger partial charge in [-0.15, -0.1) is 0 Å². The first kappa shape index (κ1) is 75.9. The normalized spacial score (nSPS) is 12.6. The molecule has 0 bridgehead atoms. The molecule has 0 amide bonds. The molecule has 0 atom stereocenters. The Morgan fingerprint density at radius 3 is 1.31 bits per heavy atom. The van der Waals surface area contributed by atoms with Gasteiger partial charge in [0.2, 0.25) is 0 Å². The number of aromatic nitrogens is 6. The van der Waals surface area contributed by atoms with Gasteiger partial charge in [-0.25, -0.2) is 35.9 Å². The Hall–Kier alpha value is -6.53. The highest BCUT2D eigenvalue weighted by Gasteiger charge is 2.35. The molecule has 4 heterocycles. The number of nitriles is 1. The number of rotatable bonds is 11. The maximum absolute atomic E-state index is 15.2. The van der Waals surface area contributed by atoms with Gasteiger partial charge in [0.15, 0.2) is 5.75 Å². The SMILES string of the molecule is CC#N.CCN(CC)CC.C[NH+](C)C.Cc1c(O)c2c(=O)n(C3CC3)c(=O)n(-c3ccc(I)cc3F)c2n(C)c1=O.Cc1ccc(S(=O)(=O)Cl)cc1.Cc1ccc(S(=O)(=O)Oc2c(C)c(=O)n(C)c3c2c(=O)n(C2CC2)c(=O)n3-c2ccc(I)cc2F)cc1.[Cl-]. The summed E-state index contributed by atoms with van der Waals surface area (Å²) in [5.74, 6) is -2.39. The quantitative estimate of drug-likeness (QED) is 0.1000. The second-order valence-corrected chi connectivity index (χ2v) is 27.8. The number of halogens is 6. The molecule has 29 heteroatoms. The van der Waals surface area contributed by atoms with Crippen LogP contribution < -0.4 is 55.1 Å². The number of fused-ring (bicyclic) bond motifs is 2. The van der Waals surface area contributed by atoms with E-state index in [4.69, 9.17) is 20.1 Å². The van der Waals surface area contributed by atoms with Gasteiger partial charge >= 0.3 is 21.5 Å². The Kier molecular flexibility index (Phi) is 27.1. The van der Waals surface area contributed by atoms with Crippen molar-refractivity contribution in [2.45, 2.75) is 103 Å². The maximum Gasteiger partial charge on any atom is 0.339 e. The summed E-state index contributed by atoms with van der Waals surface area (Å²) in [6.45, 7) is 18.0. The molecule has 21 nitrogen and oxygen atoms in total. The molecule has 2 fully saturated rings. The number of nitrogens with one attached hydrogen (secondary N) is 1. The Morgan fingerprint density at radius 2 is 0.978 bits per heavy atom. The monoisotopic (exact) mass is 1550 g/mol. The first-order valence-corrected chi connectivity index (χ1v) is 33.8. The van der Waals surface area contributed by atoms with Crippen LogP contribution in [0.25, 0.3) is 33.4 Å². The highest BCUT2D eigenvalue weighted by molar-refractivity contribution is 14.1. The largest absolute Gasteiger partial charge is 1.00 e. The van der Waals surface area contributed by atoms with Crippen molar-refractivity contribution in [3.63, 3.8) is 0 Å². The second-order valence-electron chi connectivity index (χ2n) is 21.2. The predicted molar refractivity (Wildman–Crippen MR) is 358 cm³/mol. The number of hydrogen-bond acceptors (Lipinski definition) is 14. The third-order valence-corrected chi connectivity index (χ3v) is 17.8. The van der Waals surface area contributed by atoms with E-state index in [2.05, 4.69) is 46.8 Å². The lowest BCUT2D eigenvalue weighted by Crippen LogP contribution is -3.02. The van der Waals surface area contributed by atoms with Crippen LogP contribution in [0, 0.1) is 57.8 Å². The molecule has 4 aromatic heterocycles. The molecule has 8 aromatic rings. The number of benzene rings is 4. The van der Waals surface area contributed by atoms with Crippen LogP contribution in [0.1, 0.15) is 87.7 Å². The summed E-state index contributed by atoms with van der Waals surface area (Å²) < 4.78 is 90.4. The number of quaternary nitrogens is 1. The van der Waals surface area contributed by atoms with Gasteiger partial charge in [-0.3, -0.25) is 37.4 Å². The molecule has 0 saturated heterocycles. The number of hydrogen-bond donors (Lipinski definition) is 2. The molecule has 2 aliphatic carbocycles. The molecule has 486 valence electrons. The lowest BCUT2D eigenvalue weighted by molar-refractivity contribution is -0.836. The lowest BCUT2D eigenvalue weighted by Gasteiger charge is -2.20. The van der Waals surface area contributed by atoms with Crippen molar-refractivity contribution < 1.29 is 52.2 Å². The Morgan fingerprint density at radius 1 is 0.633 bits per heavy atom. The molecule has 0 spiro atoms. The highest BCUT2D eigenvalue weighted by atomic mass is 127. The van der Waals surface area contributed by atoms with Gasteiger partial charge < -0.3 is 31.5 Å². The van der Waals surface area contributed by atoms with Crippen molar-refractivity contribution in [3.05, 3.63) is 188 Å². The molecular formula is C61H71Cl2F2I2N9O12S2. The van der Waals surface area contributed by atoms with E-state index in [1.165, 1.54) is 108 Å². The van der Waals surface area contributed by atoms with Crippen LogP contribution in [-0.2, 0) is 33.3 Å². The van der Waals surface area contributed by atoms with Crippen LogP contribution in [0.3, 0.4) is 0 Å². The summed E-state index contributed by atoms with van der Waals surface area (Å²) in [7, 11) is 6.04. The van der Waals surface area contributed by atoms with Crippen LogP contribution in [0.4, 0.5) is 8.78 Å². The van der Waals surface area contributed by atoms with Crippen LogP contribution in [0.15, 0.2) is 123 Å². The smallest absolute Gasteiger partial charge is 0.339 e. The van der Waals surface area contributed by atoms with Gasteiger partial charge in [0.1, 0.15) is 44.3 Å².